The van der Waals surface area contributed by atoms with E-state index in [9.17, 15) is 15.2 Å². The number of fused-ring (bicyclic) bond motifs is 3. The highest BCUT2D eigenvalue weighted by molar-refractivity contribution is 5.89. The molecule has 0 amide bonds. The molecule has 1 heterocycles. The van der Waals surface area contributed by atoms with Crippen LogP contribution in [-0.2, 0) is 6.42 Å². The minimum Gasteiger partial charge on any atom is -0.453 e. The van der Waals surface area contributed by atoms with Crippen LogP contribution in [0.2, 0.25) is 0 Å². The molecule has 1 aromatic heterocycles. The molecule has 5 nitrogen and oxygen atoms in total. The molecule has 1 aliphatic rings. The lowest BCUT2D eigenvalue weighted by Crippen LogP contribution is -2.06. The van der Waals surface area contributed by atoms with Gasteiger partial charge in [0.2, 0.25) is 5.58 Å². The van der Waals surface area contributed by atoms with E-state index in [0.29, 0.717) is 17.6 Å². The van der Waals surface area contributed by atoms with Crippen molar-refractivity contribution < 1.29 is 14.4 Å². The monoisotopic (exact) mass is 233 g/mol. The van der Waals surface area contributed by atoms with E-state index >= 15 is 0 Å². The number of hydrogen-bond donors (Lipinski definition) is 1. The smallest absolute Gasteiger partial charge is 0.312 e. The van der Waals surface area contributed by atoms with Gasteiger partial charge in [-0.3, -0.25) is 10.1 Å². The number of nitro groups is 1. The summed E-state index contributed by atoms with van der Waals surface area (Å²) in [5.41, 5.74) is 0.975. The number of nitrogens with zero attached hydrogens (tertiary/aromatic N) is 1. The van der Waals surface area contributed by atoms with Gasteiger partial charge in [-0.2, -0.15) is 0 Å². The van der Waals surface area contributed by atoms with Gasteiger partial charge in [0, 0.05) is 23.4 Å². The molecule has 0 aliphatic heterocycles. The maximum absolute atomic E-state index is 10.9. The summed E-state index contributed by atoms with van der Waals surface area (Å²) >= 11 is 0. The summed E-state index contributed by atoms with van der Waals surface area (Å²) in [6.07, 6.45) is 1.70. The highest BCUT2D eigenvalue weighted by Crippen LogP contribution is 2.40. The van der Waals surface area contributed by atoms with E-state index in [4.69, 9.17) is 4.42 Å². The molecule has 0 spiro atoms. The fraction of sp³-hybridized carbons (Fsp3) is 0.333. The maximum Gasteiger partial charge on any atom is 0.312 e. The van der Waals surface area contributed by atoms with Crippen LogP contribution in [0.25, 0.3) is 11.0 Å². The Hall–Kier alpha value is -1.88. The highest BCUT2D eigenvalue weighted by atomic mass is 16.6. The van der Waals surface area contributed by atoms with Crippen molar-refractivity contribution in [2.45, 2.75) is 25.4 Å². The fourth-order valence-corrected chi connectivity index (χ4v) is 2.47. The lowest BCUT2D eigenvalue weighted by Gasteiger charge is -2.15. The molecule has 0 radical (unpaired) electrons. The molecule has 17 heavy (non-hydrogen) atoms. The van der Waals surface area contributed by atoms with E-state index in [2.05, 4.69) is 0 Å². The fourth-order valence-electron chi connectivity index (χ4n) is 2.47. The molecule has 1 atom stereocenters. The number of nitro benzene ring substituents is 1. The number of para-hydroxylation sites is 1. The van der Waals surface area contributed by atoms with Gasteiger partial charge >= 0.3 is 5.69 Å². The molecule has 0 saturated carbocycles. The lowest BCUT2D eigenvalue weighted by molar-refractivity contribution is -0.383. The zero-order valence-corrected chi connectivity index (χ0v) is 9.05. The van der Waals surface area contributed by atoms with Crippen molar-refractivity contribution in [1.82, 2.24) is 0 Å². The zero-order valence-electron chi connectivity index (χ0n) is 9.05. The van der Waals surface area contributed by atoms with E-state index < -0.39 is 11.0 Å². The average Bonchev–Trinajstić information content (AvgIpc) is 2.67. The molecule has 0 bridgehead atoms. The summed E-state index contributed by atoms with van der Waals surface area (Å²) in [5.74, 6) is 0.688. The van der Waals surface area contributed by atoms with Gasteiger partial charge in [0.05, 0.1) is 11.0 Å². The van der Waals surface area contributed by atoms with Gasteiger partial charge in [-0.15, -0.1) is 0 Å². The first-order valence-corrected chi connectivity index (χ1v) is 5.55. The van der Waals surface area contributed by atoms with Crippen LogP contribution >= 0.6 is 0 Å². The summed E-state index contributed by atoms with van der Waals surface area (Å²) < 4.78 is 5.55. The van der Waals surface area contributed by atoms with E-state index in [-0.39, 0.29) is 11.3 Å². The van der Waals surface area contributed by atoms with E-state index in [1.165, 1.54) is 6.07 Å². The molecule has 1 N–H and O–H groups in total. The van der Waals surface area contributed by atoms with Crippen molar-refractivity contribution in [3.05, 3.63) is 39.6 Å². The number of rotatable bonds is 1. The first-order valence-electron chi connectivity index (χ1n) is 5.55. The first kappa shape index (κ1) is 10.3. The normalized spacial score (nSPS) is 19.2. The second kappa shape index (κ2) is 3.56. The van der Waals surface area contributed by atoms with E-state index in [0.717, 1.165) is 18.4 Å². The van der Waals surface area contributed by atoms with Crippen molar-refractivity contribution in [3.63, 3.8) is 0 Å². The van der Waals surface area contributed by atoms with Crippen molar-refractivity contribution in [2.75, 3.05) is 0 Å². The van der Waals surface area contributed by atoms with Crippen molar-refractivity contribution in [1.29, 1.82) is 0 Å². The van der Waals surface area contributed by atoms with Gasteiger partial charge in [0.15, 0.2) is 0 Å². The quantitative estimate of drug-likeness (QED) is 0.606. The molecule has 1 aliphatic carbocycles. The predicted molar refractivity (Wildman–Crippen MR) is 60.8 cm³/mol. The van der Waals surface area contributed by atoms with Crippen LogP contribution in [0.5, 0.6) is 0 Å². The summed E-state index contributed by atoms with van der Waals surface area (Å²) in [4.78, 5) is 10.4. The molecule has 3 rings (SSSR count). The second-order valence-corrected chi connectivity index (χ2v) is 4.26. The Labute approximate surface area is 96.8 Å². The van der Waals surface area contributed by atoms with Crippen LogP contribution < -0.4 is 0 Å². The Morgan fingerprint density at radius 3 is 3.06 bits per heavy atom. The predicted octanol–water partition coefficient (Wildman–Crippen LogP) is 2.71. The number of benzene rings is 1. The van der Waals surface area contributed by atoms with Crippen molar-refractivity contribution >= 4 is 16.7 Å². The number of aliphatic hydroxyl groups is 1. The van der Waals surface area contributed by atoms with Crippen LogP contribution in [-0.4, -0.2) is 10.0 Å². The molecule has 0 fully saturated rings. The number of aryl methyl sites for hydroxylation is 1. The summed E-state index contributed by atoms with van der Waals surface area (Å²) in [6, 6.07) is 4.81. The Morgan fingerprint density at radius 1 is 1.47 bits per heavy atom. The Kier molecular flexibility index (Phi) is 2.16. The molecular weight excluding hydrogens is 222 g/mol. The lowest BCUT2D eigenvalue weighted by atomic mass is 9.93. The molecule has 1 unspecified atom stereocenters. The highest BCUT2D eigenvalue weighted by Gasteiger charge is 2.28. The minimum absolute atomic E-state index is 0.0379. The van der Waals surface area contributed by atoms with Crippen LogP contribution in [0.4, 0.5) is 5.69 Å². The molecule has 1 aromatic carbocycles. The van der Waals surface area contributed by atoms with Crippen LogP contribution in [0.3, 0.4) is 0 Å². The third-order valence-electron chi connectivity index (χ3n) is 3.22. The van der Waals surface area contributed by atoms with Gasteiger partial charge in [-0.05, 0) is 12.8 Å². The minimum atomic E-state index is -0.568. The molecular formula is C12H11NO4. The van der Waals surface area contributed by atoms with Gasteiger partial charge in [-0.1, -0.05) is 12.1 Å². The third kappa shape index (κ3) is 1.43. The number of furan rings is 1. The Bertz CT molecular complexity index is 602. The Morgan fingerprint density at radius 2 is 2.29 bits per heavy atom. The maximum atomic E-state index is 10.9. The SMILES string of the molecule is O=[N+]([O-])c1cccc2c3c(oc12)CCCC3O. The van der Waals surface area contributed by atoms with Gasteiger partial charge in [0.1, 0.15) is 5.76 Å². The number of hydrogen-bond acceptors (Lipinski definition) is 4. The third-order valence-corrected chi connectivity index (χ3v) is 3.22. The van der Waals surface area contributed by atoms with Crippen LogP contribution in [0.15, 0.2) is 22.6 Å². The van der Waals surface area contributed by atoms with Crippen LogP contribution in [0, 0.1) is 10.1 Å². The van der Waals surface area contributed by atoms with Gasteiger partial charge in [0.25, 0.3) is 0 Å². The summed E-state index contributed by atoms with van der Waals surface area (Å²) in [5, 5.41) is 21.5. The zero-order chi connectivity index (χ0) is 12.0. The first-order chi connectivity index (χ1) is 8.18. The average molecular weight is 233 g/mol. The molecule has 0 saturated heterocycles. The topological polar surface area (TPSA) is 76.5 Å². The Balaban J connectivity index is 2.34. The van der Waals surface area contributed by atoms with Gasteiger partial charge < -0.3 is 9.52 Å². The van der Waals surface area contributed by atoms with Crippen molar-refractivity contribution in [3.8, 4) is 0 Å². The van der Waals surface area contributed by atoms with E-state index in [1.54, 1.807) is 12.1 Å². The van der Waals surface area contributed by atoms with Crippen molar-refractivity contribution in [2.24, 2.45) is 0 Å². The number of aliphatic hydroxyl groups excluding tert-OH is 1. The second-order valence-electron chi connectivity index (χ2n) is 4.26. The standard InChI is InChI=1S/C12H11NO4/c14-9-5-2-6-10-11(9)7-3-1-4-8(13(15)16)12(7)17-10/h1,3-4,9,14H,2,5-6H2. The molecule has 2 aromatic rings. The van der Waals surface area contributed by atoms with Gasteiger partial charge in [-0.25, -0.2) is 0 Å². The summed E-state index contributed by atoms with van der Waals surface area (Å²) in [7, 11) is 0. The van der Waals surface area contributed by atoms with Crippen LogP contribution in [0.1, 0.15) is 30.3 Å². The molecule has 88 valence electrons. The molecule has 5 heteroatoms. The number of non-ortho nitro benzene ring substituents is 1. The van der Waals surface area contributed by atoms with E-state index in [1.807, 2.05) is 0 Å². The largest absolute Gasteiger partial charge is 0.453 e. The summed E-state index contributed by atoms with van der Waals surface area (Å²) in [6.45, 7) is 0.